The molecule has 2 heteroatoms. The van der Waals surface area contributed by atoms with Gasteiger partial charge in [0.2, 0.25) is 0 Å². The van der Waals surface area contributed by atoms with Crippen molar-refractivity contribution < 1.29 is 9.53 Å². The van der Waals surface area contributed by atoms with Gasteiger partial charge in [-0.2, -0.15) is 0 Å². The van der Waals surface area contributed by atoms with Crippen LogP contribution in [-0.4, -0.2) is 17.5 Å². The van der Waals surface area contributed by atoms with Crippen LogP contribution in [0.5, 0.6) is 0 Å². The highest BCUT2D eigenvalue weighted by atomic mass is 16.5. The maximum Gasteiger partial charge on any atom is 0.146 e. The average Bonchev–Trinajstić information content (AvgIpc) is 2.79. The van der Waals surface area contributed by atoms with Gasteiger partial charge in [-0.1, -0.05) is 32.1 Å². The van der Waals surface area contributed by atoms with E-state index in [0.29, 0.717) is 5.78 Å². The molecule has 0 unspecified atom stereocenters. The van der Waals surface area contributed by atoms with Crippen molar-refractivity contribution in [1.29, 1.82) is 0 Å². The molecule has 0 aromatic heterocycles. The SMILES string of the molecule is C=C1[C@@H]2C(=O)[C@H](CCC)CC[C@@]23C=C[C@@H]1O3. The summed E-state index contributed by atoms with van der Waals surface area (Å²) in [5.41, 5.74) is 0.691. The molecule has 2 heterocycles. The summed E-state index contributed by atoms with van der Waals surface area (Å²) in [5.74, 6) is 0.575. The molecule has 0 amide bonds. The van der Waals surface area contributed by atoms with Crippen LogP contribution >= 0.6 is 0 Å². The zero-order chi connectivity index (χ0) is 11.3. The maximum atomic E-state index is 12.4. The number of hydrogen-bond acceptors (Lipinski definition) is 2. The molecular weight excluding hydrogens is 200 g/mol. The molecule has 1 spiro atoms. The van der Waals surface area contributed by atoms with Gasteiger partial charge in [0.25, 0.3) is 0 Å². The summed E-state index contributed by atoms with van der Waals surface area (Å²) < 4.78 is 5.94. The van der Waals surface area contributed by atoms with Gasteiger partial charge >= 0.3 is 0 Å². The molecule has 0 aromatic rings. The molecule has 3 rings (SSSR count). The zero-order valence-electron chi connectivity index (χ0n) is 9.74. The molecular formula is C14H18O2. The highest BCUT2D eigenvalue weighted by Gasteiger charge is 2.58. The Bertz CT molecular complexity index is 382. The summed E-state index contributed by atoms with van der Waals surface area (Å²) in [6, 6.07) is 0. The van der Waals surface area contributed by atoms with E-state index in [0.717, 1.165) is 31.3 Å². The first-order valence-corrected chi connectivity index (χ1v) is 6.27. The number of Topliss-reactive ketones (excluding diaryl/α,β-unsaturated/α-hetero) is 1. The number of fused-ring (bicyclic) bond motifs is 1. The fourth-order valence-electron chi connectivity index (χ4n) is 3.53. The van der Waals surface area contributed by atoms with E-state index in [1.54, 1.807) is 0 Å². The van der Waals surface area contributed by atoms with Crippen LogP contribution in [0.25, 0.3) is 0 Å². The van der Waals surface area contributed by atoms with Gasteiger partial charge in [0.1, 0.15) is 11.4 Å². The molecule has 4 atom stereocenters. The minimum absolute atomic E-state index is 0.00864. The molecule has 16 heavy (non-hydrogen) atoms. The predicted octanol–water partition coefficient (Wildman–Crippen LogP) is 2.65. The lowest BCUT2D eigenvalue weighted by Crippen LogP contribution is -2.45. The Labute approximate surface area is 96.4 Å². The van der Waals surface area contributed by atoms with Gasteiger partial charge < -0.3 is 4.74 Å². The third kappa shape index (κ3) is 1.14. The first kappa shape index (κ1) is 10.3. The molecule has 2 bridgehead atoms. The van der Waals surface area contributed by atoms with Crippen molar-refractivity contribution >= 4 is 5.78 Å². The van der Waals surface area contributed by atoms with Crippen LogP contribution in [0.2, 0.25) is 0 Å². The Balaban J connectivity index is 1.92. The summed E-state index contributed by atoms with van der Waals surface area (Å²) in [7, 11) is 0. The van der Waals surface area contributed by atoms with Crippen molar-refractivity contribution in [1.82, 2.24) is 0 Å². The van der Waals surface area contributed by atoms with E-state index in [9.17, 15) is 4.79 Å². The van der Waals surface area contributed by atoms with Crippen molar-refractivity contribution in [3.05, 3.63) is 24.3 Å². The summed E-state index contributed by atoms with van der Waals surface area (Å²) in [4.78, 5) is 12.4. The Hall–Kier alpha value is -0.890. The summed E-state index contributed by atoms with van der Waals surface area (Å²) in [6.45, 7) is 6.21. The second-order valence-corrected chi connectivity index (χ2v) is 5.29. The average molecular weight is 218 g/mol. The third-order valence-corrected chi connectivity index (χ3v) is 4.33. The number of carbonyl (C=O) groups is 1. The molecule has 86 valence electrons. The molecule has 1 saturated carbocycles. The lowest BCUT2D eigenvalue weighted by atomic mass is 9.66. The van der Waals surface area contributed by atoms with Crippen LogP contribution in [0.1, 0.15) is 32.6 Å². The number of hydrogen-bond donors (Lipinski definition) is 0. The van der Waals surface area contributed by atoms with Gasteiger partial charge in [0.15, 0.2) is 0 Å². The van der Waals surface area contributed by atoms with Gasteiger partial charge in [0, 0.05) is 5.92 Å². The first-order valence-electron chi connectivity index (χ1n) is 6.27. The van der Waals surface area contributed by atoms with E-state index in [4.69, 9.17) is 4.74 Å². The lowest BCUT2D eigenvalue weighted by molar-refractivity contribution is -0.135. The predicted molar refractivity (Wildman–Crippen MR) is 62.0 cm³/mol. The fraction of sp³-hybridized carbons (Fsp3) is 0.643. The van der Waals surface area contributed by atoms with Crippen LogP contribution in [0.15, 0.2) is 24.3 Å². The second kappa shape index (κ2) is 3.30. The zero-order valence-corrected chi connectivity index (χ0v) is 9.74. The second-order valence-electron chi connectivity index (χ2n) is 5.29. The maximum absolute atomic E-state index is 12.4. The van der Waals surface area contributed by atoms with Gasteiger partial charge in [-0.05, 0) is 24.8 Å². The van der Waals surface area contributed by atoms with E-state index in [1.165, 1.54) is 0 Å². The molecule has 2 nitrogen and oxygen atoms in total. The Morgan fingerprint density at radius 3 is 3.19 bits per heavy atom. The number of ketones is 1. The number of rotatable bonds is 2. The van der Waals surface area contributed by atoms with Crippen LogP contribution < -0.4 is 0 Å². The quantitative estimate of drug-likeness (QED) is 0.666. The minimum Gasteiger partial charge on any atom is -0.358 e. The standard InChI is InChI=1S/C14H18O2/c1-3-4-10-5-7-14-8-6-11(16-14)9(2)12(14)13(10)15/h6,8,10-12H,2-5,7H2,1H3/t10-,11+,12-,14-/m1/s1. The van der Waals surface area contributed by atoms with Crippen molar-refractivity contribution in [2.45, 2.75) is 44.3 Å². The van der Waals surface area contributed by atoms with Crippen molar-refractivity contribution in [3.8, 4) is 0 Å². The lowest BCUT2D eigenvalue weighted by Gasteiger charge is -2.38. The molecule has 3 aliphatic rings. The molecule has 2 fully saturated rings. The molecule has 0 N–H and O–H groups in total. The molecule has 2 aliphatic heterocycles. The number of ether oxygens (including phenoxy) is 1. The van der Waals surface area contributed by atoms with E-state index < -0.39 is 0 Å². The van der Waals surface area contributed by atoms with Crippen LogP contribution in [0.3, 0.4) is 0 Å². The monoisotopic (exact) mass is 218 g/mol. The van der Waals surface area contributed by atoms with Gasteiger partial charge in [-0.15, -0.1) is 0 Å². The van der Waals surface area contributed by atoms with Crippen molar-refractivity contribution in [3.63, 3.8) is 0 Å². The van der Waals surface area contributed by atoms with Gasteiger partial charge in [-0.3, -0.25) is 4.79 Å². The van der Waals surface area contributed by atoms with E-state index >= 15 is 0 Å². The van der Waals surface area contributed by atoms with E-state index in [-0.39, 0.29) is 23.5 Å². The highest BCUT2D eigenvalue weighted by molar-refractivity contribution is 5.90. The fourth-order valence-corrected chi connectivity index (χ4v) is 3.53. The molecule has 0 radical (unpaired) electrons. The molecule has 1 aliphatic carbocycles. The van der Waals surface area contributed by atoms with Crippen molar-refractivity contribution in [2.75, 3.05) is 0 Å². The third-order valence-electron chi connectivity index (χ3n) is 4.33. The summed E-state index contributed by atoms with van der Waals surface area (Å²) in [5, 5.41) is 0. The van der Waals surface area contributed by atoms with Gasteiger partial charge in [0.05, 0.1) is 12.0 Å². The summed E-state index contributed by atoms with van der Waals surface area (Å²) in [6.07, 6.45) is 8.25. The van der Waals surface area contributed by atoms with E-state index in [1.807, 2.05) is 0 Å². The Morgan fingerprint density at radius 1 is 1.62 bits per heavy atom. The number of carbonyl (C=O) groups excluding carboxylic acids is 1. The molecule has 0 aromatic carbocycles. The highest BCUT2D eigenvalue weighted by Crippen LogP contribution is 2.53. The summed E-state index contributed by atoms with van der Waals surface area (Å²) >= 11 is 0. The smallest absolute Gasteiger partial charge is 0.146 e. The van der Waals surface area contributed by atoms with Crippen LogP contribution in [0, 0.1) is 11.8 Å². The Morgan fingerprint density at radius 2 is 2.44 bits per heavy atom. The van der Waals surface area contributed by atoms with E-state index in [2.05, 4.69) is 25.7 Å². The van der Waals surface area contributed by atoms with Crippen molar-refractivity contribution in [2.24, 2.45) is 11.8 Å². The molecule has 1 saturated heterocycles. The minimum atomic E-state index is -0.303. The van der Waals surface area contributed by atoms with Crippen LogP contribution in [-0.2, 0) is 9.53 Å². The van der Waals surface area contributed by atoms with Crippen LogP contribution in [0.4, 0.5) is 0 Å². The Kier molecular flexibility index (Phi) is 2.12. The van der Waals surface area contributed by atoms with Gasteiger partial charge in [-0.25, -0.2) is 0 Å². The largest absolute Gasteiger partial charge is 0.358 e. The topological polar surface area (TPSA) is 26.3 Å². The normalized spacial score (nSPS) is 45.2. The first-order chi connectivity index (χ1) is 7.68.